The quantitative estimate of drug-likeness (QED) is 0.469. The molecule has 0 aliphatic heterocycles. The number of allylic oxidation sites excluding steroid dienone is 1. The summed E-state index contributed by atoms with van der Waals surface area (Å²) in [5.41, 5.74) is 0. The Balaban J connectivity index is 3.30. The van der Waals surface area contributed by atoms with Gasteiger partial charge in [0.1, 0.15) is 5.78 Å². The molecule has 0 radical (unpaired) electrons. The van der Waals surface area contributed by atoms with E-state index in [9.17, 15) is 4.79 Å². The Morgan fingerprint density at radius 3 is 2.82 bits per heavy atom. The lowest BCUT2D eigenvalue weighted by atomic mass is 10.1. The Labute approximate surface area is 67.9 Å². The van der Waals surface area contributed by atoms with E-state index in [1.165, 1.54) is 0 Å². The third-order valence-electron chi connectivity index (χ3n) is 1.39. The van der Waals surface area contributed by atoms with E-state index < -0.39 is 6.10 Å². The monoisotopic (exact) mass is 156 g/mol. The minimum Gasteiger partial charge on any atom is -0.393 e. The van der Waals surface area contributed by atoms with E-state index in [0.29, 0.717) is 6.42 Å². The van der Waals surface area contributed by atoms with Crippen LogP contribution >= 0.6 is 0 Å². The van der Waals surface area contributed by atoms with Crippen LogP contribution in [0.3, 0.4) is 0 Å². The fourth-order valence-corrected chi connectivity index (χ4v) is 0.875. The van der Waals surface area contributed by atoms with E-state index in [-0.39, 0.29) is 12.2 Å². The molecule has 0 saturated heterocycles. The summed E-state index contributed by atoms with van der Waals surface area (Å²) in [6.07, 6.45) is 3.90. The van der Waals surface area contributed by atoms with Crippen LogP contribution in [-0.4, -0.2) is 17.0 Å². The molecule has 0 saturated carbocycles. The van der Waals surface area contributed by atoms with E-state index in [2.05, 4.69) is 6.58 Å². The summed E-state index contributed by atoms with van der Waals surface area (Å²) in [5.74, 6) is 0.141. The van der Waals surface area contributed by atoms with Crippen molar-refractivity contribution in [1.29, 1.82) is 0 Å². The van der Waals surface area contributed by atoms with E-state index >= 15 is 0 Å². The topological polar surface area (TPSA) is 37.3 Å². The first-order valence-electron chi connectivity index (χ1n) is 3.97. The van der Waals surface area contributed by atoms with Crippen LogP contribution in [0.1, 0.15) is 32.6 Å². The summed E-state index contributed by atoms with van der Waals surface area (Å²) in [5, 5.41) is 8.84. The maximum absolute atomic E-state index is 10.9. The molecule has 0 spiro atoms. The van der Waals surface area contributed by atoms with E-state index in [0.717, 1.165) is 12.8 Å². The summed E-state index contributed by atoms with van der Waals surface area (Å²) in [6.45, 7) is 5.19. The van der Waals surface area contributed by atoms with Gasteiger partial charge in [0.05, 0.1) is 6.10 Å². The first-order chi connectivity index (χ1) is 5.16. The number of hydrogen-bond acceptors (Lipinski definition) is 2. The van der Waals surface area contributed by atoms with Gasteiger partial charge >= 0.3 is 0 Å². The summed E-state index contributed by atoms with van der Waals surface area (Å²) in [7, 11) is 0. The molecule has 0 heterocycles. The summed E-state index contributed by atoms with van der Waals surface area (Å²) >= 11 is 0. The van der Waals surface area contributed by atoms with Crippen molar-refractivity contribution in [3.05, 3.63) is 12.7 Å². The van der Waals surface area contributed by atoms with Crippen LogP contribution in [0.5, 0.6) is 0 Å². The molecule has 0 bridgehead atoms. The van der Waals surface area contributed by atoms with E-state index in [4.69, 9.17) is 5.11 Å². The predicted octanol–water partition coefficient (Wildman–Crippen LogP) is 1.68. The van der Waals surface area contributed by atoms with Gasteiger partial charge in [-0.2, -0.15) is 0 Å². The summed E-state index contributed by atoms with van der Waals surface area (Å²) < 4.78 is 0. The van der Waals surface area contributed by atoms with Crippen LogP contribution < -0.4 is 0 Å². The number of ketones is 1. The first kappa shape index (κ1) is 10.4. The van der Waals surface area contributed by atoms with Gasteiger partial charge in [-0.15, -0.1) is 6.58 Å². The lowest BCUT2D eigenvalue weighted by Crippen LogP contribution is -2.08. The van der Waals surface area contributed by atoms with Crippen LogP contribution in [0.15, 0.2) is 12.7 Å². The van der Waals surface area contributed by atoms with Crippen molar-refractivity contribution in [2.24, 2.45) is 0 Å². The first-order valence-corrected chi connectivity index (χ1v) is 3.97. The largest absolute Gasteiger partial charge is 0.393 e. The van der Waals surface area contributed by atoms with Crippen LogP contribution in [0, 0.1) is 0 Å². The van der Waals surface area contributed by atoms with Gasteiger partial charge in [0.2, 0.25) is 0 Å². The summed E-state index contributed by atoms with van der Waals surface area (Å²) in [6, 6.07) is 0. The molecular weight excluding hydrogens is 140 g/mol. The zero-order chi connectivity index (χ0) is 8.69. The number of carbonyl (C=O) groups excluding carboxylic acids is 1. The van der Waals surface area contributed by atoms with Crippen molar-refractivity contribution in [1.82, 2.24) is 0 Å². The highest BCUT2D eigenvalue weighted by atomic mass is 16.3. The standard InChI is InChI=1S/C9H16O2/c1-3-4-5-6-9(11)7-8(2)10/h3,8,10H,1,4-7H2,2H3. The Bertz CT molecular complexity index is 128. The van der Waals surface area contributed by atoms with Crippen molar-refractivity contribution in [3.8, 4) is 0 Å². The molecule has 0 aliphatic carbocycles. The molecule has 1 N–H and O–H groups in total. The van der Waals surface area contributed by atoms with Gasteiger partial charge < -0.3 is 5.11 Å². The van der Waals surface area contributed by atoms with Gasteiger partial charge in [-0.3, -0.25) is 4.79 Å². The second-order valence-corrected chi connectivity index (χ2v) is 2.77. The number of hydrogen-bond donors (Lipinski definition) is 1. The Morgan fingerprint density at radius 1 is 1.73 bits per heavy atom. The molecule has 0 aromatic heterocycles. The SMILES string of the molecule is C=CCCCC(=O)CC(C)O. The molecular formula is C9H16O2. The van der Waals surface area contributed by atoms with Crippen LogP contribution in [0.4, 0.5) is 0 Å². The molecule has 0 aromatic rings. The molecule has 0 amide bonds. The molecule has 1 atom stereocenters. The number of aliphatic hydroxyl groups is 1. The third kappa shape index (κ3) is 7.26. The summed E-state index contributed by atoms with van der Waals surface area (Å²) in [4.78, 5) is 10.9. The minimum absolute atomic E-state index is 0.141. The molecule has 2 nitrogen and oxygen atoms in total. The molecule has 11 heavy (non-hydrogen) atoms. The number of unbranched alkanes of at least 4 members (excludes halogenated alkanes) is 1. The van der Waals surface area contributed by atoms with Crippen molar-refractivity contribution in [3.63, 3.8) is 0 Å². The molecule has 0 aromatic carbocycles. The highest BCUT2D eigenvalue weighted by Gasteiger charge is 2.04. The van der Waals surface area contributed by atoms with Gasteiger partial charge in [-0.05, 0) is 19.8 Å². The van der Waals surface area contributed by atoms with Crippen molar-refractivity contribution in [2.75, 3.05) is 0 Å². The normalized spacial score (nSPS) is 12.5. The third-order valence-corrected chi connectivity index (χ3v) is 1.39. The van der Waals surface area contributed by atoms with Crippen LogP contribution in [-0.2, 0) is 4.79 Å². The number of carbonyl (C=O) groups is 1. The van der Waals surface area contributed by atoms with Crippen LogP contribution in [0.2, 0.25) is 0 Å². The van der Waals surface area contributed by atoms with E-state index in [1.54, 1.807) is 13.0 Å². The van der Waals surface area contributed by atoms with Crippen LogP contribution in [0.25, 0.3) is 0 Å². The Morgan fingerprint density at radius 2 is 2.36 bits per heavy atom. The van der Waals surface area contributed by atoms with Gasteiger partial charge in [0.15, 0.2) is 0 Å². The molecule has 64 valence electrons. The predicted molar refractivity (Wildman–Crippen MR) is 45.4 cm³/mol. The molecule has 2 heteroatoms. The second kappa shape index (κ2) is 6.10. The number of aliphatic hydroxyl groups excluding tert-OH is 1. The van der Waals surface area contributed by atoms with E-state index in [1.807, 2.05) is 0 Å². The number of rotatable bonds is 6. The fraction of sp³-hybridized carbons (Fsp3) is 0.667. The highest BCUT2D eigenvalue weighted by molar-refractivity contribution is 5.78. The van der Waals surface area contributed by atoms with Gasteiger partial charge in [-0.1, -0.05) is 6.08 Å². The molecule has 0 aliphatic rings. The average molecular weight is 156 g/mol. The van der Waals surface area contributed by atoms with Crippen molar-refractivity contribution in [2.45, 2.75) is 38.7 Å². The highest BCUT2D eigenvalue weighted by Crippen LogP contribution is 2.01. The smallest absolute Gasteiger partial charge is 0.135 e. The van der Waals surface area contributed by atoms with Gasteiger partial charge in [-0.25, -0.2) is 0 Å². The Hall–Kier alpha value is -0.630. The van der Waals surface area contributed by atoms with Gasteiger partial charge in [0, 0.05) is 12.8 Å². The maximum Gasteiger partial charge on any atom is 0.135 e. The second-order valence-electron chi connectivity index (χ2n) is 2.77. The minimum atomic E-state index is -0.494. The van der Waals surface area contributed by atoms with Gasteiger partial charge in [0.25, 0.3) is 0 Å². The Kier molecular flexibility index (Phi) is 5.75. The molecule has 1 unspecified atom stereocenters. The maximum atomic E-state index is 10.9. The van der Waals surface area contributed by atoms with Crippen molar-refractivity contribution >= 4 is 5.78 Å². The lowest BCUT2D eigenvalue weighted by Gasteiger charge is -2.01. The number of Topliss-reactive ketones (excluding diaryl/α,β-unsaturated/α-hetero) is 1. The average Bonchev–Trinajstić information content (AvgIpc) is 1.86. The molecule has 0 fully saturated rings. The van der Waals surface area contributed by atoms with Crippen molar-refractivity contribution < 1.29 is 9.90 Å². The zero-order valence-corrected chi connectivity index (χ0v) is 7.05. The fourth-order valence-electron chi connectivity index (χ4n) is 0.875. The molecule has 0 rings (SSSR count). The zero-order valence-electron chi connectivity index (χ0n) is 7.05. The lowest BCUT2D eigenvalue weighted by molar-refractivity contribution is -0.120.